The number of aryl methyl sites for hydroxylation is 2. The summed E-state index contributed by atoms with van der Waals surface area (Å²) >= 11 is 1.58. The van der Waals surface area contributed by atoms with Crippen LogP contribution >= 0.6 is 11.3 Å². The fraction of sp³-hybridized carbons (Fsp3) is 0.419. The van der Waals surface area contributed by atoms with Gasteiger partial charge in [0, 0.05) is 61.8 Å². The average Bonchev–Trinajstić information content (AvgIpc) is 4.22. The Hall–Kier alpha value is -7.14. The molecule has 1 saturated heterocycles. The molecule has 2 fully saturated rings. The number of aliphatic hydroxyl groups is 1. The molecular weight excluding hydrogens is 997 g/mol. The van der Waals surface area contributed by atoms with Crippen molar-refractivity contribution in [3.63, 3.8) is 0 Å². The van der Waals surface area contributed by atoms with Crippen LogP contribution in [0.25, 0.3) is 49.9 Å². The van der Waals surface area contributed by atoms with Gasteiger partial charge in [-0.15, -0.1) is 11.3 Å². The Balaban J connectivity index is 0.691. The molecule has 3 amide bonds. The van der Waals surface area contributed by atoms with Crippen LogP contribution in [0, 0.1) is 12.3 Å². The van der Waals surface area contributed by atoms with Gasteiger partial charge in [0.25, 0.3) is 0 Å². The van der Waals surface area contributed by atoms with Crippen molar-refractivity contribution in [2.75, 3.05) is 12.3 Å². The van der Waals surface area contributed by atoms with Gasteiger partial charge in [-0.3, -0.25) is 23.7 Å². The van der Waals surface area contributed by atoms with Crippen molar-refractivity contribution in [3.05, 3.63) is 131 Å². The molecule has 4 aromatic heterocycles. The van der Waals surface area contributed by atoms with Gasteiger partial charge < -0.3 is 32.1 Å². The number of carbonyl (C=O) groups is 4. The minimum Gasteiger partial charge on any atom is -0.391 e. The number of carbonyl (C=O) groups excluding carboxylic acids is 4. The van der Waals surface area contributed by atoms with E-state index >= 15 is 0 Å². The van der Waals surface area contributed by atoms with E-state index in [4.69, 9.17) is 21.4 Å². The number of Topliss-reactive ketones (excluding diaryl/α,β-unsaturated/α-hetero) is 1. The highest BCUT2D eigenvalue weighted by molar-refractivity contribution is 7.13. The summed E-state index contributed by atoms with van der Waals surface area (Å²) in [6, 6.07) is 30.7. The van der Waals surface area contributed by atoms with E-state index in [2.05, 4.69) is 63.1 Å². The largest absolute Gasteiger partial charge is 0.391 e. The van der Waals surface area contributed by atoms with Crippen molar-refractivity contribution in [1.29, 1.82) is 0 Å². The van der Waals surface area contributed by atoms with E-state index < -0.39 is 23.6 Å². The molecule has 78 heavy (non-hydrogen) atoms. The number of amides is 3. The summed E-state index contributed by atoms with van der Waals surface area (Å²) in [7, 11) is 0. The van der Waals surface area contributed by atoms with Crippen molar-refractivity contribution < 1.29 is 24.3 Å². The lowest BCUT2D eigenvalue weighted by Crippen LogP contribution is -2.57. The van der Waals surface area contributed by atoms with Gasteiger partial charge in [-0.05, 0) is 122 Å². The van der Waals surface area contributed by atoms with E-state index in [0.717, 1.165) is 125 Å². The molecule has 1 aliphatic heterocycles. The van der Waals surface area contributed by atoms with Crippen molar-refractivity contribution in [2.24, 2.45) is 11.1 Å². The van der Waals surface area contributed by atoms with Crippen LogP contribution in [0.15, 0.2) is 109 Å². The molecule has 1 aliphatic carbocycles. The van der Waals surface area contributed by atoms with E-state index in [1.165, 1.54) is 4.90 Å². The molecule has 0 spiro atoms. The Bertz CT molecular complexity index is 3230. The molecule has 5 heterocycles. The number of hydrogen-bond donors (Lipinski definition) is 5. The van der Waals surface area contributed by atoms with Crippen LogP contribution in [0.5, 0.6) is 0 Å². The number of nitrogens with zero attached hydrogens (tertiary/aromatic N) is 6. The van der Waals surface area contributed by atoms with E-state index in [0.29, 0.717) is 36.6 Å². The summed E-state index contributed by atoms with van der Waals surface area (Å²) in [6.07, 6.45) is 12.2. The Labute approximate surface area is 461 Å². The van der Waals surface area contributed by atoms with E-state index in [1.807, 2.05) is 92.4 Å². The number of hydrogen-bond acceptors (Lipinski definition) is 12. The zero-order valence-electron chi connectivity index (χ0n) is 45.5. The van der Waals surface area contributed by atoms with Crippen molar-refractivity contribution in [3.8, 4) is 38.8 Å². The molecule has 7 aromatic rings. The molecular formula is C62H74N10O5S. The van der Waals surface area contributed by atoms with Gasteiger partial charge in [-0.2, -0.15) is 0 Å². The molecule has 9 rings (SSSR count). The molecule has 0 unspecified atom stereocenters. The topological polar surface area (TPSA) is 224 Å². The number of likely N-dealkylation sites (tertiary alicyclic amines) is 1. The quantitative estimate of drug-likeness (QED) is 0.0379. The number of fused-ring (bicyclic) bond motifs is 1. The monoisotopic (exact) mass is 1070 g/mol. The number of nitrogen functional groups attached to an aromatic ring is 1. The molecule has 1 saturated carbocycles. The number of β-amino-alcohol motifs (C(OH)–C–C–N with tert-alkyl or cyclic N) is 1. The zero-order valence-corrected chi connectivity index (χ0v) is 46.3. The van der Waals surface area contributed by atoms with Crippen LogP contribution in [0.3, 0.4) is 0 Å². The number of anilines is 1. The maximum Gasteiger partial charge on any atom is 0.246 e. The number of imidazole rings is 1. The van der Waals surface area contributed by atoms with E-state index in [9.17, 15) is 24.3 Å². The van der Waals surface area contributed by atoms with Crippen LogP contribution < -0.4 is 22.1 Å². The van der Waals surface area contributed by atoms with Crippen LogP contribution in [0.4, 0.5) is 5.82 Å². The van der Waals surface area contributed by atoms with Gasteiger partial charge in [0.1, 0.15) is 29.2 Å². The number of benzene rings is 3. The number of nitrogens with one attached hydrogen (secondary N) is 2. The summed E-state index contributed by atoms with van der Waals surface area (Å²) in [5, 5.41) is 16.6. The number of unbranched alkanes of at least 4 members (excludes halogenated alkanes) is 5. The summed E-state index contributed by atoms with van der Waals surface area (Å²) < 4.78 is 2.05. The first-order valence-corrected chi connectivity index (χ1v) is 28.6. The molecule has 7 N–H and O–H groups in total. The lowest BCUT2D eigenvalue weighted by atomic mass is 9.73. The number of thiazole rings is 1. The maximum atomic E-state index is 14.1. The van der Waals surface area contributed by atoms with Gasteiger partial charge in [0.2, 0.25) is 17.7 Å². The summed E-state index contributed by atoms with van der Waals surface area (Å²) in [5.41, 5.74) is 24.1. The van der Waals surface area contributed by atoms with Gasteiger partial charge in [-0.1, -0.05) is 101 Å². The number of aliphatic hydroxyl groups excluding tert-OH is 1. The van der Waals surface area contributed by atoms with Crippen molar-refractivity contribution in [2.45, 2.75) is 154 Å². The van der Waals surface area contributed by atoms with E-state index in [-0.39, 0.29) is 55.0 Å². The predicted octanol–water partition coefficient (Wildman–Crippen LogP) is 10.3. The first-order chi connectivity index (χ1) is 37.5. The predicted molar refractivity (Wildman–Crippen MR) is 308 cm³/mol. The molecule has 3 aromatic carbocycles. The normalized spacial score (nSPS) is 16.5. The SMILES string of the molecule is Cc1ncsc1-c1ccc(CNC(=O)[C@@H]2C[C@@H](O)CN2C(=O)[C@@H](NC(=O)CCCCCCCCC(=O)CCCc2cccc(-c3ccc4nc(-c5cccnc5N)n(-c5ccc(C6(N)CCC6)cc5)c4n3)c2)C(C)(C)C)cc1. The number of pyridine rings is 2. The number of nitrogens with two attached hydrogens (primary N) is 2. The number of aromatic nitrogens is 5. The third kappa shape index (κ3) is 13.2. The highest BCUT2D eigenvalue weighted by Gasteiger charge is 2.44. The average molecular weight is 1070 g/mol. The second kappa shape index (κ2) is 24.7. The number of rotatable bonds is 23. The molecule has 0 radical (unpaired) electrons. The maximum absolute atomic E-state index is 14.1. The summed E-state index contributed by atoms with van der Waals surface area (Å²) in [4.78, 5) is 75.2. The Morgan fingerprint density at radius 1 is 0.821 bits per heavy atom. The third-order valence-corrected chi connectivity index (χ3v) is 16.5. The van der Waals surface area contributed by atoms with Gasteiger partial charge >= 0.3 is 0 Å². The first-order valence-electron chi connectivity index (χ1n) is 27.7. The van der Waals surface area contributed by atoms with Gasteiger partial charge in [-0.25, -0.2) is 19.9 Å². The molecule has 3 atom stereocenters. The van der Waals surface area contributed by atoms with Crippen LogP contribution in [-0.2, 0) is 37.7 Å². The molecule has 0 bridgehead atoms. The lowest BCUT2D eigenvalue weighted by Gasteiger charge is -2.38. The highest BCUT2D eigenvalue weighted by Crippen LogP contribution is 2.40. The standard InChI is InChI=1S/C62H74N10O5S/c1-40-54(78-39-67-40)43-24-22-42(23-25-43)37-66-59(76)52-36-48(74)38-71(52)60(77)55(61(2,3)4)70-53(75)21-10-8-6-5-7-9-18-47(73)19-12-16-41-15-11-17-44(35-41)50-30-31-51-58(68-50)72(57(69-51)49-20-13-34-65-56(49)63)46-28-26-45(27-29-46)62(64)32-14-33-62/h11,13,15,17,20,22-31,34-35,39,48,52,55,74H,5-10,12,14,16,18-19,21,32-33,36-38,64H2,1-4H3,(H2,63,65)(H,66,76)(H,70,75)/t48-,52+,55-/m1/s1. The lowest BCUT2D eigenvalue weighted by molar-refractivity contribution is -0.144. The van der Waals surface area contributed by atoms with Crippen molar-refractivity contribution in [1.82, 2.24) is 40.0 Å². The number of ketones is 1. The Kier molecular flexibility index (Phi) is 17.6. The highest BCUT2D eigenvalue weighted by atomic mass is 32.1. The summed E-state index contributed by atoms with van der Waals surface area (Å²) in [5.74, 6) is 0.404. The van der Waals surface area contributed by atoms with Crippen LogP contribution in [-0.4, -0.2) is 82.7 Å². The first kappa shape index (κ1) is 55.6. The minimum atomic E-state index is -0.868. The second-order valence-electron chi connectivity index (χ2n) is 22.5. The third-order valence-electron chi connectivity index (χ3n) is 15.5. The second-order valence-corrected chi connectivity index (χ2v) is 23.3. The van der Waals surface area contributed by atoms with E-state index in [1.54, 1.807) is 17.5 Å². The van der Waals surface area contributed by atoms with Gasteiger partial charge in [0.05, 0.1) is 33.4 Å². The van der Waals surface area contributed by atoms with Gasteiger partial charge in [0.15, 0.2) is 11.5 Å². The summed E-state index contributed by atoms with van der Waals surface area (Å²) in [6.45, 7) is 7.95. The zero-order chi connectivity index (χ0) is 55.0. The molecule has 16 heteroatoms. The fourth-order valence-corrected chi connectivity index (χ4v) is 11.6. The van der Waals surface area contributed by atoms with Crippen LogP contribution in [0.2, 0.25) is 0 Å². The minimum absolute atomic E-state index is 0.0227. The van der Waals surface area contributed by atoms with Crippen molar-refractivity contribution >= 4 is 51.8 Å². The Morgan fingerprint density at radius 3 is 2.24 bits per heavy atom. The fourth-order valence-electron chi connectivity index (χ4n) is 10.8. The molecule has 2 aliphatic rings. The molecule has 408 valence electrons. The van der Waals surface area contributed by atoms with Crippen LogP contribution in [0.1, 0.15) is 133 Å². The Morgan fingerprint density at radius 2 is 1.55 bits per heavy atom. The molecule has 15 nitrogen and oxygen atoms in total. The smallest absolute Gasteiger partial charge is 0.246 e.